The molecule has 0 spiro atoms. The van der Waals surface area contributed by atoms with Crippen molar-refractivity contribution in [1.29, 1.82) is 0 Å². The van der Waals surface area contributed by atoms with Gasteiger partial charge < -0.3 is 24.8 Å². The van der Waals surface area contributed by atoms with Crippen molar-refractivity contribution in [3.63, 3.8) is 0 Å². The van der Waals surface area contributed by atoms with E-state index in [1.165, 1.54) is 7.11 Å². The van der Waals surface area contributed by atoms with Crippen molar-refractivity contribution in [2.24, 2.45) is 40.9 Å². The summed E-state index contributed by atoms with van der Waals surface area (Å²) in [6.07, 6.45) is 3.52. The highest BCUT2D eigenvalue weighted by Gasteiger charge is 2.60. The molecule has 2 heterocycles. The van der Waals surface area contributed by atoms with Crippen LogP contribution in [0.3, 0.4) is 0 Å². The second kappa shape index (κ2) is 15.8. The Balaban J connectivity index is 1.97. The molecule has 2 fully saturated rings. The number of aliphatic hydroxyl groups is 3. The van der Waals surface area contributed by atoms with E-state index in [0.717, 1.165) is 24.0 Å². The van der Waals surface area contributed by atoms with Gasteiger partial charge in [-0.25, -0.2) is 0 Å². The van der Waals surface area contributed by atoms with Crippen LogP contribution in [0.15, 0.2) is 22.8 Å². The summed E-state index contributed by atoms with van der Waals surface area (Å²) in [7, 11) is 1.29. The lowest BCUT2D eigenvalue weighted by Crippen LogP contribution is -2.59. The second-order valence-corrected chi connectivity index (χ2v) is 17.4. The number of ketones is 3. The maximum absolute atomic E-state index is 14.7. The molecule has 11 atom stereocenters. The first kappa shape index (κ1) is 40.6. The van der Waals surface area contributed by atoms with Gasteiger partial charge in [0.2, 0.25) is 0 Å². The first-order chi connectivity index (χ1) is 23.3. The van der Waals surface area contributed by atoms with Crippen molar-refractivity contribution in [1.82, 2.24) is 0 Å². The highest BCUT2D eigenvalue weighted by Crippen LogP contribution is 2.56. The molecule has 2 aliphatic heterocycles. The molecule has 0 amide bonds. The van der Waals surface area contributed by atoms with Crippen LogP contribution in [0.25, 0.3) is 0 Å². The first-order valence-electron chi connectivity index (χ1n) is 19.1. The predicted octanol–water partition coefficient (Wildman–Crippen LogP) is 6.25. The second-order valence-electron chi connectivity index (χ2n) is 17.4. The lowest BCUT2D eigenvalue weighted by Gasteiger charge is -2.50. The highest BCUT2D eigenvalue weighted by molar-refractivity contribution is 5.97. The zero-order valence-corrected chi connectivity index (χ0v) is 32.0. The van der Waals surface area contributed by atoms with Crippen molar-refractivity contribution in [2.45, 2.75) is 162 Å². The molecule has 1 saturated heterocycles. The molecule has 1 saturated carbocycles. The van der Waals surface area contributed by atoms with E-state index >= 15 is 0 Å². The van der Waals surface area contributed by atoms with E-state index < -0.39 is 58.7 Å². The van der Waals surface area contributed by atoms with Gasteiger partial charge in [0.1, 0.15) is 23.0 Å². The fourth-order valence-corrected chi connectivity index (χ4v) is 9.37. The van der Waals surface area contributed by atoms with Crippen LogP contribution in [0.1, 0.15) is 132 Å². The van der Waals surface area contributed by atoms with Gasteiger partial charge in [0.05, 0.1) is 36.4 Å². The Labute approximate surface area is 299 Å². The number of allylic oxidation sites excluding steroid dienone is 3. The van der Waals surface area contributed by atoms with Crippen molar-refractivity contribution in [3.05, 3.63) is 22.8 Å². The Kier molecular flexibility index (Phi) is 12.8. The van der Waals surface area contributed by atoms with Crippen LogP contribution >= 0.6 is 0 Å². The SMILES string of the molecule is COC(=O)[C@@]12CC(=O)[C@H](C(C)C)CC(=O)[C@H](C)CCC[C@H](C)CC(=O)[C@H]1CC(C)=C1C[C@H](O)[C@](C)(O)[C@H]3CC[C@@](C)(O)[C@H](CC/C(C)=C\[C@@H]12)O3. The van der Waals surface area contributed by atoms with E-state index in [4.69, 9.17) is 9.47 Å². The number of methoxy groups -OCH3 is 1. The topological polar surface area (TPSA) is 147 Å². The summed E-state index contributed by atoms with van der Waals surface area (Å²) in [4.78, 5) is 57.4. The number of ether oxygens (including phenoxy) is 2. The monoisotopic (exact) mass is 700 g/mol. The number of carbonyl (C=O) groups excluding carboxylic acids is 4. The van der Waals surface area contributed by atoms with Gasteiger partial charge in [-0.3, -0.25) is 19.2 Å². The van der Waals surface area contributed by atoms with Crippen molar-refractivity contribution >= 4 is 23.3 Å². The fourth-order valence-electron chi connectivity index (χ4n) is 9.37. The quantitative estimate of drug-likeness (QED) is 0.225. The van der Waals surface area contributed by atoms with Crippen LogP contribution in [-0.2, 0) is 28.7 Å². The lowest BCUT2D eigenvalue weighted by atomic mass is 9.53. The normalized spacial score (nSPS) is 42.7. The molecule has 0 aromatic heterocycles. The van der Waals surface area contributed by atoms with Crippen LogP contribution < -0.4 is 0 Å². The molecule has 2 aliphatic carbocycles. The molecular weight excluding hydrogens is 636 g/mol. The summed E-state index contributed by atoms with van der Waals surface area (Å²) in [5, 5.41) is 35.0. The molecule has 0 aromatic carbocycles. The molecule has 9 nitrogen and oxygen atoms in total. The Morgan fingerprint density at radius 1 is 0.920 bits per heavy atom. The van der Waals surface area contributed by atoms with Gasteiger partial charge >= 0.3 is 5.97 Å². The zero-order valence-electron chi connectivity index (χ0n) is 32.0. The average molecular weight is 701 g/mol. The zero-order chi connectivity index (χ0) is 37.3. The van der Waals surface area contributed by atoms with E-state index in [-0.39, 0.29) is 67.2 Å². The van der Waals surface area contributed by atoms with Gasteiger partial charge in [-0.1, -0.05) is 63.3 Å². The molecular formula is C41H64O9. The van der Waals surface area contributed by atoms with E-state index in [9.17, 15) is 34.5 Å². The summed E-state index contributed by atoms with van der Waals surface area (Å²) < 4.78 is 11.9. The average Bonchev–Trinajstić information content (AvgIpc) is 3.03. The van der Waals surface area contributed by atoms with Gasteiger partial charge in [0.15, 0.2) is 0 Å². The van der Waals surface area contributed by atoms with Crippen molar-refractivity contribution in [2.75, 3.05) is 7.11 Å². The summed E-state index contributed by atoms with van der Waals surface area (Å²) in [6.45, 7) is 14.9. The molecule has 3 N–H and O–H groups in total. The largest absolute Gasteiger partial charge is 0.469 e. The van der Waals surface area contributed by atoms with Crippen molar-refractivity contribution < 1.29 is 44.0 Å². The van der Waals surface area contributed by atoms with Crippen LogP contribution in [0.2, 0.25) is 0 Å². The number of esters is 1. The van der Waals surface area contributed by atoms with Gasteiger partial charge in [-0.05, 0) is 84.5 Å². The van der Waals surface area contributed by atoms with Crippen LogP contribution in [0, 0.1) is 40.9 Å². The number of carbonyl (C=O) groups is 4. The minimum Gasteiger partial charge on any atom is -0.469 e. The van der Waals surface area contributed by atoms with Crippen LogP contribution in [0.4, 0.5) is 0 Å². The maximum atomic E-state index is 14.7. The number of hydrogen-bond acceptors (Lipinski definition) is 9. The molecule has 0 aromatic rings. The number of hydrogen-bond donors (Lipinski definition) is 3. The van der Waals surface area contributed by atoms with E-state index in [0.29, 0.717) is 37.7 Å². The number of aliphatic hydroxyl groups excluding tert-OH is 1. The Morgan fingerprint density at radius 3 is 2.24 bits per heavy atom. The molecule has 0 radical (unpaired) electrons. The summed E-state index contributed by atoms with van der Waals surface area (Å²) in [5.41, 5.74) is -2.00. The van der Waals surface area contributed by atoms with Crippen molar-refractivity contribution in [3.8, 4) is 0 Å². The van der Waals surface area contributed by atoms with Gasteiger partial charge in [-0.2, -0.15) is 0 Å². The predicted molar refractivity (Wildman–Crippen MR) is 191 cm³/mol. The minimum atomic E-state index is -1.69. The van der Waals surface area contributed by atoms with E-state index in [1.54, 1.807) is 13.8 Å². The number of Topliss-reactive ketones (excluding diaryl/α,β-unsaturated/α-hetero) is 3. The first-order valence-corrected chi connectivity index (χ1v) is 19.1. The Morgan fingerprint density at radius 2 is 1.60 bits per heavy atom. The third kappa shape index (κ3) is 8.21. The van der Waals surface area contributed by atoms with Crippen LogP contribution in [0.5, 0.6) is 0 Å². The summed E-state index contributed by atoms with van der Waals surface area (Å²) in [5.74, 6) is -3.59. The highest BCUT2D eigenvalue weighted by atomic mass is 16.5. The standard InChI is InChI=1S/C41H64O9/c1-23(2)28-20-32(42)26(5)12-10-11-24(3)18-33(43)31-19-27(6)29-21-35(45)40(8,48)37-15-16-39(7,47)36(50-37)14-13-25(4)17-30(29)41(31,22-34(28)44)38(46)49-9/h17,23-24,26,28,30-31,35-37,45,47-48H,10-16,18-22H2,1-9H3/b25-17-/t24-,26+,28-,30-,31+,35-,36-,37+,39+,40-,41+/m0/s1. The van der Waals surface area contributed by atoms with E-state index in [2.05, 4.69) is 0 Å². The molecule has 4 rings (SSSR count). The Bertz CT molecular complexity index is 1360. The third-order valence-electron chi connectivity index (χ3n) is 13.0. The molecule has 4 aliphatic rings. The van der Waals surface area contributed by atoms with Gasteiger partial charge in [-0.15, -0.1) is 0 Å². The summed E-state index contributed by atoms with van der Waals surface area (Å²) >= 11 is 0. The minimum absolute atomic E-state index is 0.0118. The molecule has 2 bridgehead atoms. The number of rotatable bonds is 2. The van der Waals surface area contributed by atoms with Crippen LogP contribution in [-0.4, -0.2) is 75.3 Å². The molecule has 282 valence electrons. The van der Waals surface area contributed by atoms with E-state index in [1.807, 2.05) is 47.6 Å². The Hall–Kier alpha value is -2.20. The van der Waals surface area contributed by atoms with Gasteiger partial charge in [0.25, 0.3) is 0 Å². The molecule has 9 heteroatoms. The fraction of sp³-hybridized carbons (Fsp3) is 0.805. The molecule has 0 unspecified atom stereocenters. The smallest absolute Gasteiger partial charge is 0.313 e. The maximum Gasteiger partial charge on any atom is 0.313 e. The molecule has 50 heavy (non-hydrogen) atoms. The van der Waals surface area contributed by atoms with Gasteiger partial charge in [0, 0.05) is 42.9 Å². The summed E-state index contributed by atoms with van der Waals surface area (Å²) in [6, 6.07) is 0. The lowest BCUT2D eigenvalue weighted by molar-refractivity contribution is -0.234. The third-order valence-corrected chi connectivity index (χ3v) is 13.0. The number of fused-ring (bicyclic) bond motifs is 5.